The van der Waals surface area contributed by atoms with Crippen LogP contribution in [0.3, 0.4) is 0 Å². The molecule has 2 aromatic rings. The minimum Gasteiger partial charge on any atom is -0.465 e. The number of hydrogen-bond donors (Lipinski definition) is 1. The minimum absolute atomic E-state index is 0.282. The molecule has 0 aromatic heterocycles. The maximum atomic E-state index is 12.3. The third-order valence-electron chi connectivity index (χ3n) is 2.88. The van der Waals surface area contributed by atoms with Crippen molar-refractivity contribution < 1.29 is 14.3 Å². The Balaban J connectivity index is 2.30. The number of anilines is 1. The van der Waals surface area contributed by atoms with Crippen LogP contribution in [0.5, 0.6) is 0 Å². The average molecular weight is 348 g/mol. The van der Waals surface area contributed by atoms with E-state index in [-0.39, 0.29) is 5.91 Å². The third-order valence-corrected chi connectivity index (χ3v) is 3.34. The third kappa shape index (κ3) is 3.70. The molecule has 0 aliphatic rings. The number of carbonyl (C=O) groups is 2. The molecule has 4 nitrogen and oxygen atoms in total. The number of ether oxygens (including phenoxy) is 1. The molecular weight excluding hydrogens is 334 g/mol. The zero-order chi connectivity index (χ0) is 15.4. The Morgan fingerprint density at radius 1 is 1.14 bits per heavy atom. The van der Waals surface area contributed by atoms with E-state index in [4.69, 9.17) is 4.74 Å². The molecule has 1 N–H and O–H groups in total. The molecule has 0 atom stereocenters. The first kappa shape index (κ1) is 15.3. The van der Waals surface area contributed by atoms with Crippen LogP contribution >= 0.6 is 15.9 Å². The van der Waals surface area contributed by atoms with Crippen LogP contribution in [0.1, 0.15) is 26.3 Å². The summed E-state index contributed by atoms with van der Waals surface area (Å²) in [5.41, 5.74) is 2.23. The summed E-state index contributed by atoms with van der Waals surface area (Å²) >= 11 is 3.36. The molecule has 0 saturated carbocycles. The number of methoxy groups -OCH3 is 1. The summed E-state index contributed by atoms with van der Waals surface area (Å²) < 4.78 is 5.53. The van der Waals surface area contributed by atoms with Gasteiger partial charge >= 0.3 is 5.97 Å². The second kappa shape index (κ2) is 6.54. The lowest BCUT2D eigenvalue weighted by molar-refractivity contribution is 0.0602. The monoisotopic (exact) mass is 347 g/mol. The van der Waals surface area contributed by atoms with Gasteiger partial charge in [0.15, 0.2) is 0 Å². The normalized spacial score (nSPS) is 10.0. The highest BCUT2D eigenvalue weighted by atomic mass is 79.9. The van der Waals surface area contributed by atoms with Crippen LogP contribution in [0.15, 0.2) is 46.9 Å². The topological polar surface area (TPSA) is 55.4 Å². The summed E-state index contributed by atoms with van der Waals surface area (Å²) in [7, 11) is 1.30. The fourth-order valence-electron chi connectivity index (χ4n) is 1.94. The number of rotatable bonds is 3. The van der Waals surface area contributed by atoms with Gasteiger partial charge in [0.05, 0.1) is 18.4 Å². The summed E-state index contributed by atoms with van der Waals surface area (Å²) in [4.78, 5) is 24.0. The second-order valence-corrected chi connectivity index (χ2v) is 5.42. The number of carbonyl (C=O) groups excluding carboxylic acids is 2. The van der Waals surface area contributed by atoms with Crippen molar-refractivity contribution in [3.05, 3.63) is 63.6 Å². The van der Waals surface area contributed by atoms with Crippen molar-refractivity contribution in [2.75, 3.05) is 12.4 Å². The quantitative estimate of drug-likeness (QED) is 0.859. The molecule has 5 heteroatoms. The Morgan fingerprint density at radius 3 is 2.52 bits per heavy atom. The van der Waals surface area contributed by atoms with E-state index in [2.05, 4.69) is 21.2 Å². The number of halogens is 1. The highest BCUT2D eigenvalue weighted by Crippen LogP contribution is 2.19. The van der Waals surface area contributed by atoms with Crippen molar-refractivity contribution in [1.82, 2.24) is 0 Å². The number of para-hydroxylation sites is 1. The van der Waals surface area contributed by atoms with Crippen LogP contribution in [0, 0.1) is 6.92 Å². The lowest BCUT2D eigenvalue weighted by atomic mass is 10.1. The molecule has 0 unspecified atom stereocenters. The summed E-state index contributed by atoms with van der Waals surface area (Å²) in [6, 6.07) is 12.1. The van der Waals surface area contributed by atoms with Gasteiger partial charge in [0, 0.05) is 10.0 Å². The van der Waals surface area contributed by atoms with Crippen molar-refractivity contribution in [1.29, 1.82) is 0 Å². The van der Waals surface area contributed by atoms with Gasteiger partial charge in [-0.05, 0) is 42.8 Å². The molecule has 0 heterocycles. The van der Waals surface area contributed by atoms with E-state index in [1.165, 1.54) is 7.11 Å². The van der Waals surface area contributed by atoms with E-state index in [0.29, 0.717) is 16.8 Å². The standard InChI is InChI=1S/C16H14BrNO3/c1-10-7-11(9-12(17)8-10)15(19)18-14-6-4-3-5-13(14)16(20)21-2/h3-9H,1-2H3,(H,18,19). The molecule has 108 valence electrons. The number of amides is 1. The molecule has 0 spiro atoms. The summed E-state index contributed by atoms with van der Waals surface area (Å²) in [5, 5.41) is 2.74. The SMILES string of the molecule is COC(=O)c1ccccc1NC(=O)c1cc(C)cc(Br)c1. The van der Waals surface area contributed by atoms with Crippen LogP contribution in [0.2, 0.25) is 0 Å². The predicted molar refractivity (Wildman–Crippen MR) is 84.6 cm³/mol. The van der Waals surface area contributed by atoms with E-state index in [9.17, 15) is 9.59 Å². The van der Waals surface area contributed by atoms with Crippen molar-refractivity contribution >= 4 is 33.5 Å². The van der Waals surface area contributed by atoms with Crippen LogP contribution in [0.25, 0.3) is 0 Å². The molecule has 1 amide bonds. The van der Waals surface area contributed by atoms with Gasteiger partial charge < -0.3 is 10.1 Å². The van der Waals surface area contributed by atoms with Crippen molar-refractivity contribution in [3.63, 3.8) is 0 Å². The smallest absolute Gasteiger partial charge is 0.339 e. The predicted octanol–water partition coefficient (Wildman–Crippen LogP) is 3.80. The Hall–Kier alpha value is -2.14. The minimum atomic E-state index is -0.490. The molecule has 2 aromatic carbocycles. The first-order chi connectivity index (χ1) is 10.0. The van der Waals surface area contributed by atoms with E-state index >= 15 is 0 Å². The van der Waals surface area contributed by atoms with Gasteiger partial charge in [-0.15, -0.1) is 0 Å². The van der Waals surface area contributed by atoms with Gasteiger partial charge in [0.2, 0.25) is 0 Å². The molecule has 0 aliphatic carbocycles. The lowest BCUT2D eigenvalue weighted by Crippen LogP contribution is -2.15. The zero-order valence-corrected chi connectivity index (χ0v) is 13.2. The lowest BCUT2D eigenvalue weighted by Gasteiger charge is -2.10. The van der Waals surface area contributed by atoms with E-state index in [1.54, 1.807) is 36.4 Å². The molecule has 21 heavy (non-hydrogen) atoms. The highest BCUT2D eigenvalue weighted by molar-refractivity contribution is 9.10. The molecule has 2 rings (SSSR count). The molecule has 0 radical (unpaired) electrons. The largest absolute Gasteiger partial charge is 0.465 e. The van der Waals surface area contributed by atoms with Gasteiger partial charge in [0.1, 0.15) is 0 Å². The van der Waals surface area contributed by atoms with Crippen LogP contribution < -0.4 is 5.32 Å². The van der Waals surface area contributed by atoms with Crippen LogP contribution in [-0.4, -0.2) is 19.0 Å². The molecular formula is C16H14BrNO3. The first-order valence-corrected chi connectivity index (χ1v) is 7.06. The first-order valence-electron chi connectivity index (χ1n) is 6.27. The second-order valence-electron chi connectivity index (χ2n) is 4.51. The Labute approximate surface area is 131 Å². The zero-order valence-electron chi connectivity index (χ0n) is 11.6. The van der Waals surface area contributed by atoms with Gasteiger partial charge in [-0.1, -0.05) is 28.1 Å². The van der Waals surface area contributed by atoms with Crippen LogP contribution in [0.4, 0.5) is 5.69 Å². The Bertz CT molecular complexity index is 677. The Morgan fingerprint density at radius 2 is 1.86 bits per heavy atom. The number of esters is 1. The average Bonchev–Trinajstić information content (AvgIpc) is 2.46. The maximum Gasteiger partial charge on any atom is 0.339 e. The van der Waals surface area contributed by atoms with Crippen molar-refractivity contribution in [2.24, 2.45) is 0 Å². The fraction of sp³-hybridized carbons (Fsp3) is 0.125. The van der Waals surface area contributed by atoms with E-state index in [0.717, 1.165) is 10.0 Å². The molecule has 0 saturated heterocycles. The Kier molecular flexibility index (Phi) is 4.75. The summed E-state index contributed by atoms with van der Waals surface area (Å²) in [6.07, 6.45) is 0. The van der Waals surface area contributed by atoms with Crippen molar-refractivity contribution in [2.45, 2.75) is 6.92 Å². The van der Waals surface area contributed by atoms with E-state index in [1.807, 2.05) is 13.0 Å². The maximum absolute atomic E-state index is 12.3. The number of hydrogen-bond acceptors (Lipinski definition) is 3. The van der Waals surface area contributed by atoms with Crippen molar-refractivity contribution in [3.8, 4) is 0 Å². The number of benzene rings is 2. The van der Waals surface area contributed by atoms with Gasteiger partial charge in [0.25, 0.3) is 5.91 Å². The number of nitrogens with one attached hydrogen (secondary N) is 1. The van der Waals surface area contributed by atoms with Gasteiger partial charge in [-0.25, -0.2) is 4.79 Å². The molecule has 0 fully saturated rings. The van der Waals surface area contributed by atoms with E-state index < -0.39 is 5.97 Å². The molecule has 0 bridgehead atoms. The van der Waals surface area contributed by atoms with Gasteiger partial charge in [-0.3, -0.25) is 4.79 Å². The summed E-state index contributed by atoms with van der Waals surface area (Å²) in [6.45, 7) is 1.91. The van der Waals surface area contributed by atoms with Crippen LogP contribution in [-0.2, 0) is 4.74 Å². The molecule has 0 aliphatic heterocycles. The summed E-state index contributed by atoms with van der Waals surface area (Å²) in [5.74, 6) is -0.771. The fourth-order valence-corrected chi connectivity index (χ4v) is 2.55. The highest BCUT2D eigenvalue weighted by Gasteiger charge is 2.14. The number of aryl methyl sites for hydroxylation is 1. The van der Waals surface area contributed by atoms with Gasteiger partial charge in [-0.2, -0.15) is 0 Å².